The van der Waals surface area contributed by atoms with Crippen LogP contribution in [0.2, 0.25) is 0 Å². The van der Waals surface area contributed by atoms with Crippen LogP contribution in [0.5, 0.6) is 0 Å². The molecule has 0 saturated heterocycles. The second-order valence-electron chi connectivity index (χ2n) is 4.73. The van der Waals surface area contributed by atoms with Gasteiger partial charge in [0.1, 0.15) is 0 Å². The maximum Gasteiger partial charge on any atom is 0.236 e. The van der Waals surface area contributed by atoms with E-state index >= 15 is 0 Å². The normalized spacial score (nSPS) is 14.8. The molecule has 0 radical (unpaired) electrons. The zero-order valence-electron chi connectivity index (χ0n) is 11.2. The van der Waals surface area contributed by atoms with E-state index in [1.54, 1.807) is 19.1 Å². The quantitative estimate of drug-likeness (QED) is 0.610. The molecule has 1 fully saturated rings. The van der Waals surface area contributed by atoms with Crippen molar-refractivity contribution in [1.82, 2.24) is 9.80 Å². The molecule has 2 N–H and O–H groups in total. The summed E-state index contributed by atoms with van der Waals surface area (Å²) in [6.07, 6.45) is 2.96. The first kappa shape index (κ1) is 15.3. The van der Waals surface area contributed by atoms with Gasteiger partial charge in [-0.1, -0.05) is 12.2 Å². The number of carbonyl (C=O) groups excluding carboxylic acids is 1. The third kappa shape index (κ3) is 5.75. The molecule has 0 heterocycles. The molecule has 5 nitrogen and oxygen atoms in total. The molecular formula is C12H23N3O2S. The molecule has 104 valence electrons. The van der Waals surface area contributed by atoms with Crippen molar-refractivity contribution in [2.45, 2.75) is 25.3 Å². The van der Waals surface area contributed by atoms with Gasteiger partial charge in [-0.2, -0.15) is 0 Å². The Kier molecular flexibility index (Phi) is 6.52. The van der Waals surface area contributed by atoms with Crippen molar-refractivity contribution >= 4 is 23.1 Å². The molecule has 1 aliphatic rings. The van der Waals surface area contributed by atoms with Crippen LogP contribution >= 0.6 is 12.2 Å². The lowest BCUT2D eigenvalue weighted by Crippen LogP contribution is -2.41. The average Bonchev–Trinajstić information content (AvgIpc) is 3.15. The maximum absolute atomic E-state index is 12.0. The fourth-order valence-corrected chi connectivity index (χ4v) is 1.83. The van der Waals surface area contributed by atoms with Gasteiger partial charge in [0.05, 0.1) is 18.1 Å². The lowest BCUT2D eigenvalue weighted by molar-refractivity contribution is -0.131. The van der Waals surface area contributed by atoms with Gasteiger partial charge in [0.15, 0.2) is 0 Å². The van der Waals surface area contributed by atoms with E-state index in [0.29, 0.717) is 37.1 Å². The van der Waals surface area contributed by atoms with Gasteiger partial charge >= 0.3 is 0 Å². The topological polar surface area (TPSA) is 58.8 Å². The lowest BCUT2D eigenvalue weighted by Gasteiger charge is -2.24. The maximum atomic E-state index is 12.0. The van der Waals surface area contributed by atoms with Gasteiger partial charge in [0.2, 0.25) is 5.91 Å². The second kappa shape index (κ2) is 7.66. The molecule has 0 aromatic carbocycles. The SMILES string of the molecule is COCCN(CC(=O)N(C)CCC(N)=S)C1CC1. The van der Waals surface area contributed by atoms with Crippen LogP contribution in [0, 0.1) is 0 Å². The van der Waals surface area contributed by atoms with Crippen LogP contribution in [-0.4, -0.2) is 67.1 Å². The van der Waals surface area contributed by atoms with Crippen molar-refractivity contribution in [3.63, 3.8) is 0 Å². The predicted molar refractivity (Wildman–Crippen MR) is 75.5 cm³/mol. The van der Waals surface area contributed by atoms with Crippen molar-refractivity contribution in [3.8, 4) is 0 Å². The molecule has 0 spiro atoms. The Morgan fingerprint density at radius 2 is 2.11 bits per heavy atom. The summed E-state index contributed by atoms with van der Waals surface area (Å²) in [6, 6.07) is 0.563. The van der Waals surface area contributed by atoms with E-state index in [-0.39, 0.29) is 5.91 Å². The van der Waals surface area contributed by atoms with Crippen LogP contribution in [-0.2, 0) is 9.53 Å². The molecule has 1 aliphatic carbocycles. The zero-order valence-corrected chi connectivity index (χ0v) is 12.0. The van der Waals surface area contributed by atoms with Gasteiger partial charge in [0.25, 0.3) is 0 Å². The Morgan fingerprint density at radius 1 is 1.44 bits per heavy atom. The molecule has 0 bridgehead atoms. The minimum atomic E-state index is 0.120. The lowest BCUT2D eigenvalue weighted by atomic mass is 10.3. The van der Waals surface area contributed by atoms with Crippen LogP contribution in [0.25, 0.3) is 0 Å². The molecule has 1 rings (SSSR count). The van der Waals surface area contributed by atoms with Crippen LogP contribution in [0.3, 0.4) is 0 Å². The summed E-state index contributed by atoms with van der Waals surface area (Å²) >= 11 is 4.81. The first-order valence-corrected chi connectivity index (χ1v) is 6.70. The van der Waals surface area contributed by atoms with Gasteiger partial charge in [-0.05, 0) is 12.8 Å². The Labute approximate surface area is 114 Å². The average molecular weight is 273 g/mol. The highest BCUT2D eigenvalue weighted by atomic mass is 32.1. The highest BCUT2D eigenvalue weighted by Gasteiger charge is 2.30. The summed E-state index contributed by atoms with van der Waals surface area (Å²) in [5, 5.41) is 0. The Bertz CT molecular complexity index is 295. The summed E-state index contributed by atoms with van der Waals surface area (Å²) < 4.78 is 5.07. The number of carbonyl (C=O) groups is 1. The fraction of sp³-hybridized carbons (Fsp3) is 0.833. The van der Waals surface area contributed by atoms with Crippen molar-refractivity contribution < 1.29 is 9.53 Å². The number of thiocarbonyl (C=S) groups is 1. The predicted octanol–water partition coefficient (Wildman–Crippen LogP) is 0.232. The van der Waals surface area contributed by atoms with Gasteiger partial charge in [0, 0.05) is 39.7 Å². The Hall–Kier alpha value is -0.720. The number of methoxy groups -OCH3 is 1. The van der Waals surface area contributed by atoms with E-state index in [0.717, 1.165) is 6.54 Å². The first-order chi connectivity index (χ1) is 8.54. The van der Waals surface area contributed by atoms with Crippen molar-refractivity contribution in [3.05, 3.63) is 0 Å². The van der Waals surface area contributed by atoms with Crippen LogP contribution in [0.1, 0.15) is 19.3 Å². The number of hydrogen-bond donors (Lipinski definition) is 1. The van der Waals surface area contributed by atoms with Gasteiger partial charge in [-0.3, -0.25) is 9.69 Å². The number of ether oxygens (including phenoxy) is 1. The van der Waals surface area contributed by atoms with Crippen molar-refractivity contribution in [2.75, 3.05) is 40.4 Å². The van der Waals surface area contributed by atoms with Crippen molar-refractivity contribution in [2.24, 2.45) is 5.73 Å². The largest absolute Gasteiger partial charge is 0.393 e. The molecular weight excluding hydrogens is 250 g/mol. The zero-order chi connectivity index (χ0) is 13.5. The number of amides is 1. The summed E-state index contributed by atoms with van der Waals surface area (Å²) in [4.78, 5) is 16.4. The Balaban J connectivity index is 2.32. The summed E-state index contributed by atoms with van der Waals surface area (Å²) in [5.74, 6) is 0.120. The molecule has 0 atom stereocenters. The van der Waals surface area contributed by atoms with Crippen LogP contribution in [0.15, 0.2) is 0 Å². The molecule has 6 heteroatoms. The van der Waals surface area contributed by atoms with E-state index in [1.807, 2.05) is 0 Å². The second-order valence-corrected chi connectivity index (χ2v) is 5.25. The Morgan fingerprint density at radius 3 is 2.61 bits per heavy atom. The number of nitrogens with zero attached hydrogens (tertiary/aromatic N) is 2. The third-order valence-electron chi connectivity index (χ3n) is 3.10. The van der Waals surface area contributed by atoms with E-state index in [4.69, 9.17) is 22.7 Å². The molecule has 1 amide bonds. The number of nitrogens with two attached hydrogens (primary N) is 1. The monoisotopic (exact) mass is 273 g/mol. The molecule has 1 saturated carbocycles. The summed E-state index contributed by atoms with van der Waals surface area (Å²) in [7, 11) is 3.48. The number of rotatable bonds is 9. The van der Waals surface area contributed by atoms with E-state index in [2.05, 4.69) is 4.90 Å². The third-order valence-corrected chi connectivity index (χ3v) is 3.31. The smallest absolute Gasteiger partial charge is 0.236 e. The van der Waals surface area contributed by atoms with Gasteiger partial charge in [-0.25, -0.2) is 0 Å². The highest BCUT2D eigenvalue weighted by Crippen LogP contribution is 2.26. The molecule has 0 aromatic rings. The van der Waals surface area contributed by atoms with Gasteiger partial charge < -0.3 is 15.4 Å². The van der Waals surface area contributed by atoms with Crippen LogP contribution in [0.4, 0.5) is 0 Å². The summed E-state index contributed by atoms with van der Waals surface area (Å²) in [5.41, 5.74) is 5.43. The van der Waals surface area contributed by atoms with E-state index in [1.165, 1.54) is 12.8 Å². The van der Waals surface area contributed by atoms with Crippen molar-refractivity contribution in [1.29, 1.82) is 0 Å². The summed E-state index contributed by atoms with van der Waals surface area (Å²) in [6.45, 7) is 2.54. The number of hydrogen-bond acceptors (Lipinski definition) is 4. The molecule has 18 heavy (non-hydrogen) atoms. The molecule has 0 aliphatic heterocycles. The van der Waals surface area contributed by atoms with E-state index in [9.17, 15) is 4.79 Å². The van der Waals surface area contributed by atoms with Gasteiger partial charge in [-0.15, -0.1) is 0 Å². The number of likely N-dealkylation sites (N-methyl/N-ethyl adjacent to an activating group) is 1. The fourth-order valence-electron chi connectivity index (χ4n) is 1.74. The first-order valence-electron chi connectivity index (χ1n) is 6.30. The minimum absolute atomic E-state index is 0.120. The van der Waals surface area contributed by atoms with Crippen LogP contribution < -0.4 is 5.73 Å². The minimum Gasteiger partial charge on any atom is -0.393 e. The molecule has 0 unspecified atom stereocenters. The van der Waals surface area contributed by atoms with E-state index < -0.39 is 0 Å². The highest BCUT2D eigenvalue weighted by molar-refractivity contribution is 7.80. The standard InChI is InChI=1S/C12H23N3O2S/c1-14(6-5-11(13)18)12(16)9-15(7-8-17-2)10-3-4-10/h10H,3-9H2,1-2H3,(H2,13,18). The molecule has 0 aromatic heterocycles.